The number of carbonyl (C=O) groups excluding carboxylic acids is 2. The van der Waals surface area contributed by atoms with Crippen molar-refractivity contribution in [2.24, 2.45) is 0 Å². The van der Waals surface area contributed by atoms with E-state index in [0.29, 0.717) is 28.3 Å². The Kier molecular flexibility index (Phi) is 5.35. The minimum Gasteiger partial charge on any atom is -0.496 e. The summed E-state index contributed by atoms with van der Waals surface area (Å²) in [5.41, 5.74) is 1.82. The topological polar surface area (TPSA) is 102 Å². The number of sulfone groups is 1. The molecule has 2 aliphatic rings. The maximum absolute atomic E-state index is 13.0. The molecule has 9 heteroatoms. The number of thiophene rings is 1. The quantitative estimate of drug-likeness (QED) is 0.753. The highest BCUT2D eigenvalue weighted by Gasteiger charge is 2.33. The first-order valence-corrected chi connectivity index (χ1v) is 12.1. The molecule has 2 aromatic rings. The Balaban J connectivity index is 1.60. The maximum Gasteiger partial charge on any atom is 0.260 e. The second kappa shape index (κ2) is 7.79. The summed E-state index contributed by atoms with van der Waals surface area (Å²) < 4.78 is 28.7. The van der Waals surface area contributed by atoms with E-state index in [1.807, 2.05) is 0 Å². The number of benzene rings is 1. The van der Waals surface area contributed by atoms with Gasteiger partial charge in [0.1, 0.15) is 10.8 Å². The number of amides is 2. The van der Waals surface area contributed by atoms with Crippen molar-refractivity contribution < 1.29 is 22.7 Å². The zero-order valence-corrected chi connectivity index (χ0v) is 17.6. The van der Waals surface area contributed by atoms with Gasteiger partial charge in [0.05, 0.1) is 29.7 Å². The first-order valence-electron chi connectivity index (χ1n) is 9.48. The normalized spacial score (nSPS) is 19.6. The van der Waals surface area contributed by atoms with Gasteiger partial charge >= 0.3 is 0 Å². The number of ether oxygens (including phenoxy) is 1. The molecule has 1 fully saturated rings. The van der Waals surface area contributed by atoms with E-state index in [1.54, 1.807) is 24.3 Å². The molecule has 1 aromatic heterocycles. The second-order valence-electron chi connectivity index (χ2n) is 7.29. The van der Waals surface area contributed by atoms with Crippen molar-refractivity contribution in [3.8, 4) is 5.75 Å². The number of hydrogen-bond donors (Lipinski definition) is 2. The van der Waals surface area contributed by atoms with Crippen LogP contribution < -0.4 is 15.4 Å². The van der Waals surface area contributed by atoms with Gasteiger partial charge in [-0.15, -0.1) is 11.3 Å². The molecule has 0 bridgehead atoms. The van der Waals surface area contributed by atoms with Gasteiger partial charge in [-0.1, -0.05) is 12.1 Å². The zero-order valence-electron chi connectivity index (χ0n) is 16.0. The first-order chi connectivity index (χ1) is 13.9. The zero-order chi connectivity index (χ0) is 20.6. The van der Waals surface area contributed by atoms with E-state index >= 15 is 0 Å². The summed E-state index contributed by atoms with van der Waals surface area (Å²) in [5, 5.41) is 6.23. The molecule has 154 valence electrons. The summed E-state index contributed by atoms with van der Waals surface area (Å²) in [6, 6.07) is 6.52. The number of nitrogens with one attached hydrogen (secondary N) is 2. The molecule has 4 rings (SSSR count). The number of carbonyl (C=O) groups is 2. The molecule has 1 atom stereocenters. The molecule has 1 aromatic carbocycles. The number of hydrogen-bond acceptors (Lipinski definition) is 6. The van der Waals surface area contributed by atoms with Crippen LogP contribution >= 0.6 is 11.3 Å². The van der Waals surface area contributed by atoms with Gasteiger partial charge in [0.2, 0.25) is 0 Å². The fourth-order valence-corrected chi connectivity index (χ4v) is 6.86. The summed E-state index contributed by atoms with van der Waals surface area (Å²) in [7, 11) is -1.59. The van der Waals surface area contributed by atoms with Gasteiger partial charge in [-0.25, -0.2) is 8.42 Å². The van der Waals surface area contributed by atoms with E-state index in [1.165, 1.54) is 18.4 Å². The van der Waals surface area contributed by atoms with Crippen molar-refractivity contribution in [2.75, 3.05) is 23.9 Å². The second-order valence-corrected chi connectivity index (χ2v) is 10.6. The fourth-order valence-electron chi connectivity index (χ4n) is 3.90. The molecule has 2 heterocycles. The lowest BCUT2D eigenvalue weighted by Crippen LogP contribution is -2.36. The van der Waals surface area contributed by atoms with Crippen LogP contribution in [0.3, 0.4) is 0 Å². The number of fused-ring (bicyclic) bond motifs is 1. The molecule has 0 radical (unpaired) electrons. The summed E-state index contributed by atoms with van der Waals surface area (Å²) >= 11 is 1.42. The summed E-state index contributed by atoms with van der Waals surface area (Å²) in [6.07, 6.45) is 3.05. The summed E-state index contributed by atoms with van der Waals surface area (Å²) in [4.78, 5) is 27.0. The van der Waals surface area contributed by atoms with Crippen molar-refractivity contribution in [3.63, 3.8) is 0 Å². The molecular weight excluding hydrogens is 412 g/mol. The van der Waals surface area contributed by atoms with E-state index < -0.39 is 9.84 Å². The molecular formula is C20H22N2O5S2. The van der Waals surface area contributed by atoms with Gasteiger partial charge in [0.25, 0.3) is 11.8 Å². The van der Waals surface area contributed by atoms with Gasteiger partial charge in [0.15, 0.2) is 9.84 Å². The third kappa shape index (κ3) is 4.02. The van der Waals surface area contributed by atoms with Crippen LogP contribution in [0, 0.1) is 0 Å². The van der Waals surface area contributed by atoms with Crippen LogP contribution in [0.1, 0.15) is 44.0 Å². The number of para-hydroxylation sites is 1. The minimum absolute atomic E-state index is 0.0338. The van der Waals surface area contributed by atoms with Gasteiger partial charge in [-0.3, -0.25) is 9.59 Å². The van der Waals surface area contributed by atoms with Gasteiger partial charge in [-0.2, -0.15) is 0 Å². The van der Waals surface area contributed by atoms with Gasteiger partial charge in [-0.05, 0) is 43.4 Å². The van der Waals surface area contributed by atoms with Crippen LogP contribution in [0.4, 0.5) is 5.00 Å². The number of aryl methyl sites for hydroxylation is 1. The van der Waals surface area contributed by atoms with Crippen molar-refractivity contribution in [1.82, 2.24) is 5.32 Å². The van der Waals surface area contributed by atoms with Crippen LogP contribution in [0.5, 0.6) is 5.75 Å². The Morgan fingerprint density at radius 1 is 1.17 bits per heavy atom. The lowest BCUT2D eigenvalue weighted by atomic mass is 10.1. The Morgan fingerprint density at radius 3 is 2.69 bits per heavy atom. The molecule has 7 nitrogen and oxygen atoms in total. The third-order valence-electron chi connectivity index (χ3n) is 5.29. The van der Waals surface area contributed by atoms with Crippen LogP contribution in [-0.2, 0) is 22.7 Å². The van der Waals surface area contributed by atoms with E-state index in [9.17, 15) is 18.0 Å². The predicted molar refractivity (Wildman–Crippen MR) is 112 cm³/mol. The van der Waals surface area contributed by atoms with Crippen LogP contribution in [-0.4, -0.2) is 44.9 Å². The Bertz CT molecular complexity index is 1070. The van der Waals surface area contributed by atoms with Gasteiger partial charge < -0.3 is 15.4 Å². The van der Waals surface area contributed by atoms with Crippen molar-refractivity contribution in [2.45, 2.75) is 31.7 Å². The number of rotatable bonds is 5. The maximum atomic E-state index is 13.0. The lowest BCUT2D eigenvalue weighted by Gasteiger charge is -2.14. The van der Waals surface area contributed by atoms with Crippen LogP contribution in [0.15, 0.2) is 24.3 Å². The van der Waals surface area contributed by atoms with E-state index in [-0.39, 0.29) is 29.4 Å². The monoisotopic (exact) mass is 434 g/mol. The Labute approximate surface area is 173 Å². The van der Waals surface area contributed by atoms with E-state index in [4.69, 9.17) is 4.74 Å². The van der Waals surface area contributed by atoms with Crippen molar-refractivity contribution in [3.05, 3.63) is 45.8 Å². The highest BCUT2D eigenvalue weighted by Crippen LogP contribution is 2.39. The molecule has 1 saturated heterocycles. The molecule has 2 N–H and O–H groups in total. The standard InChI is InChI=1S/C20H22N2O5S2/c1-27-15-7-3-2-5-13(15)18(23)22-20-17(14-6-4-8-16(14)28-20)19(24)21-12-9-10-29(25,26)11-12/h2-3,5,7,12H,4,6,8-11H2,1H3,(H,21,24)(H,22,23)/t12-/m1/s1. The Hall–Kier alpha value is -2.39. The van der Waals surface area contributed by atoms with E-state index in [0.717, 1.165) is 29.7 Å². The molecule has 0 unspecified atom stereocenters. The average Bonchev–Trinajstić information content (AvgIpc) is 3.35. The highest BCUT2D eigenvalue weighted by molar-refractivity contribution is 7.91. The lowest BCUT2D eigenvalue weighted by molar-refractivity contribution is 0.0941. The van der Waals surface area contributed by atoms with Crippen molar-refractivity contribution >= 4 is 38.0 Å². The Morgan fingerprint density at radius 2 is 1.97 bits per heavy atom. The molecule has 0 saturated carbocycles. The van der Waals surface area contributed by atoms with Gasteiger partial charge in [0, 0.05) is 10.9 Å². The van der Waals surface area contributed by atoms with Crippen molar-refractivity contribution in [1.29, 1.82) is 0 Å². The van der Waals surface area contributed by atoms with Crippen LogP contribution in [0.25, 0.3) is 0 Å². The molecule has 2 amide bonds. The summed E-state index contributed by atoms with van der Waals surface area (Å²) in [5.74, 6) is -0.150. The SMILES string of the molecule is COc1ccccc1C(=O)Nc1sc2c(c1C(=O)N[C@@H]1CCS(=O)(=O)C1)CCC2. The number of anilines is 1. The molecule has 29 heavy (non-hydrogen) atoms. The fraction of sp³-hybridized carbons (Fsp3) is 0.400. The third-order valence-corrected chi connectivity index (χ3v) is 8.27. The molecule has 1 aliphatic carbocycles. The minimum atomic E-state index is -3.09. The average molecular weight is 435 g/mol. The first kappa shape index (κ1) is 19.9. The summed E-state index contributed by atoms with van der Waals surface area (Å²) in [6.45, 7) is 0. The largest absolute Gasteiger partial charge is 0.496 e. The highest BCUT2D eigenvalue weighted by atomic mass is 32.2. The smallest absolute Gasteiger partial charge is 0.260 e. The number of methoxy groups -OCH3 is 1. The molecule has 0 spiro atoms. The predicted octanol–water partition coefficient (Wildman–Crippen LogP) is 2.41. The van der Waals surface area contributed by atoms with Crippen LogP contribution in [0.2, 0.25) is 0 Å². The van der Waals surface area contributed by atoms with E-state index in [2.05, 4.69) is 10.6 Å². The molecule has 1 aliphatic heterocycles.